The highest BCUT2D eigenvalue weighted by atomic mass is 35.5. The van der Waals surface area contributed by atoms with Gasteiger partial charge in [0.05, 0.1) is 49.1 Å². The summed E-state index contributed by atoms with van der Waals surface area (Å²) in [6.45, 7) is 19.9. The number of para-hydroxylation sites is 1. The molecular formula is C61H80ClF3N4O6. The van der Waals surface area contributed by atoms with E-state index in [-0.39, 0.29) is 39.4 Å². The Labute approximate surface area is 448 Å². The zero-order chi connectivity index (χ0) is 53.9. The molecule has 0 bridgehead atoms. The van der Waals surface area contributed by atoms with Crippen molar-refractivity contribution in [3.8, 4) is 17.2 Å². The molecule has 5 heterocycles. The van der Waals surface area contributed by atoms with E-state index < -0.39 is 17.3 Å². The number of carbonyl (C=O) groups is 2. The number of hydrogen-bond donors (Lipinski definition) is 1. The molecule has 0 saturated carbocycles. The van der Waals surface area contributed by atoms with Gasteiger partial charge in [-0.25, -0.2) is 0 Å². The molecular weight excluding hydrogens is 977 g/mol. The number of nitrogens with zero attached hydrogens (tertiary/aromatic N) is 4. The molecule has 0 aromatic heterocycles. The SMILES string of the molecule is CC(C)(C)CC(=O)N1CCc2ccccc2C1CCN1CCC(c2cccc3c2OCC3)CC1.COc1cc2c(cc1OC)C(CCN1CCC(O)(c3ccc(Cl)c(C(F)(F)F)c3)CC1)N(C(=O)CC(C)(C)C)CC2. The monoisotopic (exact) mass is 1060 g/mol. The van der Waals surface area contributed by atoms with Gasteiger partial charge in [-0.05, 0) is 144 Å². The maximum absolute atomic E-state index is 13.5. The van der Waals surface area contributed by atoms with E-state index in [1.807, 2.05) is 17.0 Å². The second-order valence-electron chi connectivity index (χ2n) is 24.0. The largest absolute Gasteiger partial charge is 0.493 e. The fourth-order valence-corrected chi connectivity index (χ4v) is 12.3. The minimum absolute atomic E-state index is 0.0157. The number of amides is 2. The van der Waals surface area contributed by atoms with Crippen LogP contribution in [0.2, 0.25) is 5.02 Å². The first-order chi connectivity index (χ1) is 35.5. The third-order valence-electron chi connectivity index (χ3n) is 16.1. The van der Waals surface area contributed by atoms with E-state index in [0.29, 0.717) is 81.6 Å². The van der Waals surface area contributed by atoms with Crippen LogP contribution in [-0.2, 0) is 40.6 Å². The summed E-state index contributed by atoms with van der Waals surface area (Å²) in [5, 5.41) is 10.9. The van der Waals surface area contributed by atoms with Crippen LogP contribution in [0.4, 0.5) is 13.2 Å². The summed E-state index contributed by atoms with van der Waals surface area (Å²) in [6.07, 6.45) is 3.86. The lowest BCUT2D eigenvalue weighted by molar-refractivity contribution is -0.138. The molecule has 4 aromatic rings. The molecule has 0 radical (unpaired) electrons. The van der Waals surface area contributed by atoms with E-state index in [4.69, 9.17) is 25.8 Å². The van der Waals surface area contributed by atoms with Gasteiger partial charge in [-0.3, -0.25) is 9.59 Å². The van der Waals surface area contributed by atoms with Crippen LogP contribution in [0.3, 0.4) is 0 Å². The molecule has 408 valence electrons. The van der Waals surface area contributed by atoms with Crippen LogP contribution in [0.25, 0.3) is 0 Å². The lowest BCUT2D eigenvalue weighted by Crippen LogP contribution is -2.45. The van der Waals surface area contributed by atoms with Gasteiger partial charge in [0.15, 0.2) is 11.5 Å². The molecule has 2 amide bonds. The van der Waals surface area contributed by atoms with Gasteiger partial charge < -0.3 is 38.9 Å². The van der Waals surface area contributed by atoms with Gasteiger partial charge in [0, 0.05) is 58.5 Å². The Hall–Kier alpha value is -4.82. The van der Waals surface area contributed by atoms with E-state index in [1.54, 1.807) is 14.2 Å². The molecule has 2 unspecified atom stereocenters. The molecule has 4 aromatic carbocycles. The van der Waals surface area contributed by atoms with Crippen LogP contribution >= 0.6 is 11.6 Å². The number of benzene rings is 4. The number of aliphatic hydroxyl groups is 1. The van der Waals surface area contributed by atoms with E-state index in [1.165, 1.54) is 53.0 Å². The molecule has 14 heteroatoms. The molecule has 5 aliphatic heterocycles. The number of fused-ring (bicyclic) bond motifs is 3. The third kappa shape index (κ3) is 13.7. The predicted molar refractivity (Wildman–Crippen MR) is 290 cm³/mol. The number of methoxy groups -OCH3 is 2. The van der Waals surface area contributed by atoms with E-state index in [0.717, 1.165) is 75.7 Å². The maximum atomic E-state index is 13.5. The topological polar surface area (TPSA) is 95.0 Å². The fraction of sp³-hybridized carbons (Fsp3) is 0.574. The second-order valence-corrected chi connectivity index (χ2v) is 24.4. The van der Waals surface area contributed by atoms with Crippen molar-refractivity contribution in [2.45, 2.75) is 142 Å². The molecule has 0 aliphatic carbocycles. The summed E-state index contributed by atoms with van der Waals surface area (Å²) < 4.78 is 57.3. The van der Waals surface area contributed by atoms with E-state index in [2.05, 4.69) is 98.7 Å². The van der Waals surface area contributed by atoms with Crippen LogP contribution in [0.15, 0.2) is 72.8 Å². The Bertz CT molecular complexity index is 2630. The molecule has 10 nitrogen and oxygen atoms in total. The zero-order valence-corrected chi connectivity index (χ0v) is 46.3. The van der Waals surface area contributed by atoms with Crippen molar-refractivity contribution < 1.29 is 42.1 Å². The Morgan fingerprint density at radius 3 is 1.81 bits per heavy atom. The zero-order valence-electron chi connectivity index (χ0n) is 45.6. The first-order valence-electron chi connectivity index (χ1n) is 27.2. The number of carbonyl (C=O) groups excluding carboxylic acids is 2. The molecule has 0 spiro atoms. The number of likely N-dealkylation sites (tertiary alicyclic amines) is 2. The highest BCUT2D eigenvalue weighted by Crippen LogP contribution is 2.44. The first kappa shape index (κ1) is 56.4. The van der Waals surface area contributed by atoms with Crippen molar-refractivity contribution in [1.82, 2.24) is 19.6 Å². The van der Waals surface area contributed by atoms with Crippen LogP contribution < -0.4 is 14.2 Å². The summed E-state index contributed by atoms with van der Waals surface area (Å²) in [5.74, 6) is 3.47. The Morgan fingerprint density at radius 2 is 1.21 bits per heavy atom. The van der Waals surface area contributed by atoms with Crippen molar-refractivity contribution in [2.75, 3.05) is 73.2 Å². The number of halogens is 4. The Kier molecular flexibility index (Phi) is 17.6. The van der Waals surface area contributed by atoms with Gasteiger partial charge in [0.25, 0.3) is 0 Å². The molecule has 1 N–H and O–H groups in total. The molecule has 2 atom stereocenters. The highest BCUT2D eigenvalue weighted by Gasteiger charge is 2.40. The molecule has 2 fully saturated rings. The van der Waals surface area contributed by atoms with Crippen LogP contribution in [-0.4, -0.2) is 110 Å². The standard InChI is InChI=1S/C31H40ClF3N2O4.C30H40N2O2/c1-29(2,3)19-28(38)37-13-8-20-16-26(40-4)27(41-5)18-22(20)25(37)9-12-36-14-10-30(39,11-15-36)21-6-7-24(32)23(17-21)31(33,34)35;1-30(2,3)21-28(33)32-19-13-22-7-4-5-9-25(22)27(32)14-18-31-16-11-23(12-17-31)26-10-6-8-24-15-20-34-29(24)26/h6-7,16-18,25,39H,8-15,19H2,1-5H3;4-10,23,27H,11-21H2,1-3H3. The van der Waals surface area contributed by atoms with Crippen LogP contribution in [0.1, 0.15) is 155 Å². The summed E-state index contributed by atoms with van der Waals surface area (Å²) in [7, 11) is 3.20. The normalized spacial score (nSPS) is 20.3. The lowest BCUT2D eigenvalue weighted by atomic mass is 9.83. The fourth-order valence-electron chi connectivity index (χ4n) is 12.1. The van der Waals surface area contributed by atoms with Crippen LogP contribution in [0.5, 0.6) is 17.2 Å². The van der Waals surface area contributed by atoms with Gasteiger partial charge >= 0.3 is 6.18 Å². The number of ether oxygens (including phenoxy) is 3. The summed E-state index contributed by atoms with van der Waals surface area (Å²) in [5.41, 5.74) is 5.57. The van der Waals surface area contributed by atoms with Gasteiger partial charge in [0.2, 0.25) is 11.8 Å². The average Bonchev–Trinajstić information content (AvgIpc) is 3.86. The van der Waals surface area contributed by atoms with Gasteiger partial charge in [-0.2, -0.15) is 13.2 Å². The van der Waals surface area contributed by atoms with Crippen molar-refractivity contribution in [2.24, 2.45) is 10.8 Å². The summed E-state index contributed by atoms with van der Waals surface area (Å²) in [6, 6.07) is 23.1. The minimum Gasteiger partial charge on any atom is -0.493 e. The van der Waals surface area contributed by atoms with Crippen LogP contribution in [0, 0.1) is 10.8 Å². The van der Waals surface area contributed by atoms with Gasteiger partial charge in [-0.15, -0.1) is 0 Å². The van der Waals surface area contributed by atoms with E-state index >= 15 is 0 Å². The Balaban J connectivity index is 0.000000202. The summed E-state index contributed by atoms with van der Waals surface area (Å²) in [4.78, 5) is 35.7. The van der Waals surface area contributed by atoms with Gasteiger partial charge in [0.1, 0.15) is 5.75 Å². The van der Waals surface area contributed by atoms with Gasteiger partial charge in [-0.1, -0.05) is 102 Å². The predicted octanol–water partition coefficient (Wildman–Crippen LogP) is 12.4. The van der Waals surface area contributed by atoms with Crippen molar-refractivity contribution in [3.05, 3.63) is 122 Å². The lowest BCUT2D eigenvalue weighted by Gasteiger charge is -2.42. The number of rotatable bonds is 12. The highest BCUT2D eigenvalue weighted by molar-refractivity contribution is 6.31. The summed E-state index contributed by atoms with van der Waals surface area (Å²) >= 11 is 5.79. The molecule has 5 aliphatic rings. The third-order valence-corrected chi connectivity index (χ3v) is 16.5. The average molecular weight is 1060 g/mol. The second kappa shape index (κ2) is 23.4. The number of piperidine rings is 2. The Morgan fingerprint density at radius 1 is 0.667 bits per heavy atom. The maximum Gasteiger partial charge on any atom is 0.417 e. The smallest absolute Gasteiger partial charge is 0.417 e. The number of hydrogen-bond acceptors (Lipinski definition) is 8. The quantitative estimate of drug-likeness (QED) is 0.150. The molecule has 75 heavy (non-hydrogen) atoms. The molecule has 9 rings (SSSR count). The number of alkyl halides is 3. The molecule has 2 saturated heterocycles. The van der Waals surface area contributed by atoms with E-state index in [9.17, 15) is 27.9 Å². The van der Waals surface area contributed by atoms with Crippen molar-refractivity contribution in [1.29, 1.82) is 0 Å². The minimum atomic E-state index is -4.59. The van der Waals surface area contributed by atoms with Crippen molar-refractivity contribution >= 4 is 23.4 Å². The first-order valence-corrected chi connectivity index (χ1v) is 27.6. The van der Waals surface area contributed by atoms with Crippen molar-refractivity contribution in [3.63, 3.8) is 0 Å².